The Morgan fingerprint density at radius 3 is 2.64 bits per heavy atom. The van der Waals surface area contributed by atoms with E-state index in [1.165, 1.54) is 7.11 Å². The lowest BCUT2D eigenvalue weighted by atomic mass is 10.3. The Hall–Kier alpha value is -0.220. The molecule has 14 heavy (non-hydrogen) atoms. The highest BCUT2D eigenvalue weighted by Gasteiger charge is 2.08. The number of ether oxygens (including phenoxy) is 2. The van der Waals surface area contributed by atoms with E-state index in [1.807, 2.05) is 11.8 Å². The molecule has 0 saturated carbocycles. The Bertz CT molecular complexity index is 150. The Morgan fingerprint density at radius 1 is 1.36 bits per heavy atom. The summed E-state index contributed by atoms with van der Waals surface area (Å²) >= 11 is 1.81. The van der Waals surface area contributed by atoms with Crippen molar-refractivity contribution in [3.05, 3.63) is 0 Å². The van der Waals surface area contributed by atoms with E-state index < -0.39 is 0 Å². The van der Waals surface area contributed by atoms with Crippen molar-refractivity contribution >= 4 is 17.7 Å². The van der Waals surface area contributed by atoms with Gasteiger partial charge in [-0.25, -0.2) is 0 Å². The van der Waals surface area contributed by atoms with E-state index in [2.05, 4.69) is 11.7 Å². The standard InChI is InChI=1S/C10H20O3S/c1-9(8-10(11)13-3)14-7-5-4-6-12-2/h9H,4-8H2,1-3H3. The van der Waals surface area contributed by atoms with Gasteiger partial charge >= 0.3 is 5.97 Å². The largest absolute Gasteiger partial charge is 0.469 e. The summed E-state index contributed by atoms with van der Waals surface area (Å²) < 4.78 is 9.54. The number of carbonyl (C=O) groups is 1. The van der Waals surface area contributed by atoms with Crippen LogP contribution < -0.4 is 0 Å². The molecule has 0 fully saturated rings. The summed E-state index contributed by atoms with van der Waals surface area (Å²) in [6, 6.07) is 0. The van der Waals surface area contributed by atoms with Crippen LogP contribution in [0.3, 0.4) is 0 Å². The highest BCUT2D eigenvalue weighted by Crippen LogP contribution is 2.16. The molecule has 0 aromatic rings. The number of hydrogen-bond acceptors (Lipinski definition) is 4. The fraction of sp³-hybridized carbons (Fsp3) is 0.900. The summed E-state index contributed by atoms with van der Waals surface area (Å²) in [6.45, 7) is 2.88. The molecule has 3 nitrogen and oxygen atoms in total. The number of hydrogen-bond donors (Lipinski definition) is 0. The van der Waals surface area contributed by atoms with Crippen molar-refractivity contribution in [1.29, 1.82) is 0 Å². The zero-order valence-electron chi connectivity index (χ0n) is 9.25. The van der Waals surface area contributed by atoms with Gasteiger partial charge in [0, 0.05) is 19.0 Å². The average molecular weight is 220 g/mol. The van der Waals surface area contributed by atoms with Crippen LogP contribution in [0.25, 0.3) is 0 Å². The van der Waals surface area contributed by atoms with Gasteiger partial charge in [-0.15, -0.1) is 0 Å². The molecule has 0 aliphatic carbocycles. The maximum absolute atomic E-state index is 10.9. The molecular formula is C10H20O3S. The minimum absolute atomic E-state index is 0.123. The molecule has 4 heteroatoms. The van der Waals surface area contributed by atoms with Gasteiger partial charge in [0.15, 0.2) is 0 Å². The predicted molar refractivity (Wildman–Crippen MR) is 59.7 cm³/mol. The summed E-state index contributed by atoms with van der Waals surface area (Å²) in [7, 11) is 3.14. The van der Waals surface area contributed by atoms with Gasteiger partial charge < -0.3 is 9.47 Å². The first-order chi connectivity index (χ1) is 6.70. The van der Waals surface area contributed by atoms with E-state index >= 15 is 0 Å². The average Bonchev–Trinajstić information content (AvgIpc) is 2.17. The van der Waals surface area contributed by atoms with Crippen LogP contribution in [-0.4, -0.2) is 37.8 Å². The Balaban J connectivity index is 3.26. The van der Waals surface area contributed by atoms with Gasteiger partial charge in [0.2, 0.25) is 0 Å². The van der Waals surface area contributed by atoms with Crippen molar-refractivity contribution in [3.63, 3.8) is 0 Å². The summed E-state index contributed by atoms with van der Waals surface area (Å²) in [5, 5.41) is 0.352. The van der Waals surface area contributed by atoms with Crippen LogP contribution >= 0.6 is 11.8 Å². The molecule has 1 atom stereocenters. The Kier molecular flexibility index (Phi) is 9.19. The molecule has 0 saturated heterocycles. The van der Waals surface area contributed by atoms with E-state index in [0.717, 1.165) is 25.2 Å². The van der Waals surface area contributed by atoms with Gasteiger partial charge in [-0.05, 0) is 18.6 Å². The van der Waals surface area contributed by atoms with Gasteiger partial charge in [-0.1, -0.05) is 6.92 Å². The van der Waals surface area contributed by atoms with Crippen LogP contribution in [0, 0.1) is 0 Å². The van der Waals surface area contributed by atoms with Gasteiger partial charge in [0.1, 0.15) is 0 Å². The molecule has 0 aliphatic heterocycles. The van der Waals surface area contributed by atoms with E-state index in [1.54, 1.807) is 7.11 Å². The molecular weight excluding hydrogens is 200 g/mol. The molecule has 0 aromatic heterocycles. The number of rotatable bonds is 8. The molecule has 0 spiro atoms. The van der Waals surface area contributed by atoms with Crippen molar-refractivity contribution < 1.29 is 14.3 Å². The molecule has 0 radical (unpaired) electrons. The fourth-order valence-corrected chi connectivity index (χ4v) is 2.04. The maximum atomic E-state index is 10.9. The second-order valence-electron chi connectivity index (χ2n) is 3.16. The minimum atomic E-state index is -0.123. The second-order valence-corrected chi connectivity index (χ2v) is 4.71. The topological polar surface area (TPSA) is 35.5 Å². The van der Waals surface area contributed by atoms with Crippen LogP contribution in [0.15, 0.2) is 0 Å². The minimum Gasteiger partial charge on any atom is -0.469 e. The van der Waals surface area contributed by atoms with Crippen LogP contribution in [0.1, 0.15) is 26.2 Å². The highest BCUT2D eigenvalue weighted by atomic mass is 32.2. The zero-order chi connectivity index (χ0) is 10.8. The normalized spacial score (nSPS) is 12.5. The summed E-state index contributed by atoms with van der Waals surface area (Å²) in [5.41, 5.74) is 0. The third-order valence-corrected chi connectivity index (χ3v) is 3.09. The summed E-state index contributed by atoms with van der Waals surface area (Å²) in [4.78, 5) is 10.9. The highest BCUT2D eigenvalue weighted by molar-refractivity contribution is 7.99. The predicted octanol–water partition coefficient (Wildman–Crippen LogP) is 2.10. The molecule has 0 amide bonds. The monoisotopic (exact) mass is 220 g/mol. The second kappa shape index (κ2) is 9.34. The van der Waals surface area contributed by atoms with Gasteiger partial charge in [-0.3, -0.25) is 4.79 Å². The first-order valence-corrected chi connectivity index (χ1v) is 5.93. The molecule has 0 aliphatic rings. The third-order valence-electron chi connectivity index (χ3n) is 1.83. The Labute approximate surface area is 90.5 Å². The van der Waals surface area contributed by atoms with Crippen molar-refractivity contribution in [3.8, 4) is 0 Å². The zero-order valence-corrected chi connectivity index (χ0v) is 10.1. The molecule has 0 heterocycles. The first-order valence-electron chi connectivity index (χ1n) is 4.88. The number of methoxy groups -OCH3 is 2. The smallest absolute Gasteiger partial charge is 0.306 e. The number of esters is 1. The number of thioether (sulfide) groups is 1. The van der Waals surface area contributed by atoms with Crippen LogP contribution in [-0.2, 0) is 14.3 Å². The molecule has 0 N–H and O–H groups in total. The third kappa shape index (κ3) is 8.38. The van der Waals surface area contributed by atoms with Crippen molar-refractivity contribution in [1.82, 2.24) is 0 Å². The van der Waals surface area contributed by atoms with Crippen molar-refractivity contribution in [2.75, 3.05) is 26.6 Å². The van der Waals surface area contributed by atoms with E-state index in [9.17, 15) is 4.79 Å². The van der Waals surface area contributed by atoms with Crippen LogP contribution in [0.5, 0.6) is 0 Å². The maximum Gasteiger partial charge on any atom is 0.306 e. The lowest BCUT2D eigenvalue weighted by Crippen LogP contribution is -2.09. The van der Waals surface area contributed by atoms with Gasteiger partial charge in [-0.2, -0.15) is 11.8 Å². The molecule has 0 rings (SSSR count). The van der Waals surface area contributed by atoms with E-state index in [0.29, 0.717) is 11.7 Å². The lowest BCUT2D eigenvalue weighted by Gasteiger charge is -2.09. The Morgan fingerprint density at radius 2 is 2.07 bits per heavy atom. The van der Waals surface area contributed by atoms with Gasteiger partial charge in [0.05, 0.1) is 13.5 Å². The van der Waals surface area contributed by atoms with Crippen LogP contribution in [0.2, 0.25) is 0 Å². The fourth-order valence-electron chi connectivity index (χ4n) is 1.01. The first kappa shape index (κ1) is 13.8. The molecule has 0 bridgehead atoms. The lowest BCUT2D eigenvalue weighted by molar-refractivity contribution is -0.140. The number of carbonyl (C=O) groups excluding carboxylic acids is 1. The summed E-state index contributed by atoms with van der Waals surface area (Å²) in [6.07, 6.45) is 2.74. The SMILES string of the molecule is COCCCCSC(C)CC(=O)OC. The van der Waals surface area contributed by atoms with E-state index in [-0.39, 0.29) is 5.97 Å². The van der Waals surface area contributed by atoms with Crippen molar-refractivity contribution in [2.45, 2.75) is 31.4 Å². The molecule has 84 valence electrons. The van der Waals surface area contributed by atoms with E-state index in [4.69, 9.17) is 4.74 Å². The van der Waals surface area contributed by atoms with Crippen molar-refractivity contribution in [2.24, 2.45) is 0 Å². The quantitative estimate of drug-likeness (QED) is 0.463. The number of unbranched alkanes of at least 4 members (excludes halogenated alkanes) is 1. The van der Waals surface area contributed by atoms with Gasteiger partial charge in [0.25, 0.3) is 0 Å². The molecule has 1 unspecified atom stereocenters. The molecule has 0 aromatic carbocycles. The van der Waals surface area contributed by atoms with Crippen LogP contribution in [0.4, 0.5) is 0 Å². The summed E-state index contributed by atoms with van der Waals surface area (Å²) in [5.74, 6) is 0.962.